The molecule has 7 nitrogen and oxygen atoms in total. The molecule has 0 aromatic carbocycles. The minimum atomic E-state index is -0.262. The number of aromatic amines is 1. The monoisotopic (exact) mass is 276 g/mol. The Morgan fingerprint density at radius 2 is 2.15 bits per heavy atom. The van der Waals surface area contributed by atoms with E-state index in [1.54, 1.807) is 6.20 Å². The number of hydrogen-bond acceptors (Lipinski definition) is 6. The molecule has 0 amide bonds. The Kier molecular flexibility index (Phi) is 3.43. The van der Waals surface area contributed by atoms with Crippen molar-refractivity contribution in [2.75, 3.05) is 23.8 Å². The Balaban J connectivity index is 1.98. The topological polar surface area (TPSA) is 98.8 Å². The summed E-state index contributed by atoms with van der Waals surface area (Å²) in [5.41, 5.74) is 0.437. The standard InChI is InChI=1S/C13H20N6O/c1-2-14-12-16-10(9-7-15-19-11(9)17-12)18-13(8-20)5-3-4-6-13/h7,20H,2-6,8H2,1H3,(H3,14,15,16,17,18,19). The lowest BCUT2D eigenvalue weighted by atomic mass is 9.99. The molecule has 0 unspecified atom stereocenters. The van der Waals surface area contributed by atoms with Gasteiger partial charge >= 0.3 is 0 Å². The molecule has 0 saturated heterocycles. The van der Waals surface area contributed by atoms with Crippen molar-refractivity contribution in [3.05, 3.63) is 6.20 Å². The van der Waals surface area contributed by atoms with E-state index >= 15 is 0 Å². The van der Waals surface area contributed by atoms with Gasteiger partial charge < -0.3 is 15.7 Å². The number of nitrogens with one attached hydrogen (secondary N) is 3. The third-order valence-corrected chi connectivity index (χ3v) is 3.89. The van der Waals surface area contributed by atoms with Gasteiger partial charge in [0.2, 0.25) is 5.95 Å². The summed E-state index contributed by atoms with van der Waals surface area (Å²) in [6.45, 7) is 2.87. The molecule has 0 atom stereocenters. The van der Waals surface area contributed by atoms with E-state index in [9.17, 15) is 5.11 Å². The van der Waals surface area contributed by atoms with Gasteiger partial charge in [-0.1, -0.05) is 12.8 Å². The molecule has 3 rings (SSSR count). The highest BCUT2D eigenvalue weighted by atomic mass is 16.3. The molecule has 2 aromatic rings. The fourth-order valence-electron chi connectivity index (χ4n) is 2.79. The molecule has 2 heterocycles. The van der Waals surface area contributed by atoms with Crippen molar-refractivity contribution in [1.82, 2.24) is 20.2 Å². The van der Waals surface area contributed by atoms with Gasteiger partial charge in [0.1, 0.15) is 5.82 Å². The van der Waals surface area contributed by atoms with Crippen molar-refractivity contribution < 1.29 is 5.11 Å². The lowest BCUT2D eigenvalue weighted by Gasteiger charge is -2.28. The molecule has 1 fully saturated rings. The average molecular weight is 276 g/mol. The van der Waals surface area contributed by atoms with Crippen molar-refractivity contribution in [2.45, 2.75) is 38.1 Å². The van der Waals surface area contributed by atoms with Crippen molar-refractivity contribution in [2.24, 2.45) is 0 Å². The van der Waals surface area contributed by atoms with Gasteiger partial charge in [-0.25, -0.2) is 0 Å². The Morgan fingerprint density at radius 1 is 1.35 bits per heavy atom. The van der Waals surface area contributed by atoms with E-state index < -0.39 is 0 Å². The van der Waals surface area contributed by atoms with E-state index in [0.29, 0.717) is 11.6 Å². The summed E-state index contributed by atoms with van der Waals surface area (Å²) in [5, 5.41) is 24.0. The molecule has 4 N–H and O–H groups in total. The van der Waals surface area contributed by atoms with Crippen LogP contribution in [0.2, 0.25) is 0 Å². The first-order valence-electron chi connectivity index (χ1n) is 7.10. The SMILES string of the molecule is CCNc1nc(NC2(CO)CCCC2)c2cn[nH]c2n1. The molecule has 1 aliphatic rings. The third kappa shape index (κ3) is 2.29. The van der Waals surface area contributed by atoms with Crippen LogP contribution in [0.5, 0.6) is 0 Å². The van der Waals surface area contributed by atoms with Crippen LogP contribution in [-0.2, 0) is 0 Å². The zero-order valence-corrected chi connectivity index (χ0v) is 11.6. The fraction of sp³-hybridized carbons (Fsp3) is 0.615. The summed E-state index contributed by atoms with van der Waals surface area (Å²) in [4.78, 5) is 8.88. The lowest BCUT2D eigenvalue weighted by molar-refractivity contribution is 0.214. The second kappa shape index (κ2) is 5.24. The maximum atomic E-state index is 9.73. The first-order chi connectivity index (χ1) is 9.76. The van der Waals surface area contributed by atoms with E-state index in [-0.39, 0.29) is 12.1 Å². The average Bonchev–Trinajstić information content (AvgIpc) is 3.08. The summed E-state index contributed by atoms with van der Waals surface area (Å²) in [5.74, 6) is 1.30. The smallest absolute Gasteiger partial charge is 0.226 e. The Labute approximate surface area is 117 Å². The summed E-state index contributed by atoms with van der Waals surface area (Å²) >= 11 is 0. The normalized spacial score (nSPS) is 17.5. The van der Waals surface area contributed by atoms with E-state index in [2.05, 4.69) is 30.8 Å². The molecule has 0 radical (unpaired) electrons. The van der Waals surface area contributed by atoms with Crippen LogP contribution in [0.4, 0.5) is 11.8 Å². The van der Waals surface area contributed by atoms with Crippen LogP contribution >= 0.6 is 0 Å². The number of aliphatic hydroxyl groups excluding tert-OH is 1. The maximum Gasteiger partial charge on any atom is 0.226 e. The van der Waals surface area contributed by atoms with E-state index in [4.69, 9.17) is 0 Å². The van der Waals surface area contributed by atoms with Crippen LogP contribution < -0.4 is 10.6 Å². The Bertz CT molecular complexity index is 590. The van der Waals surface area contributed by atoms with Gasteiger partial charge in [0.05, 0.1) is 23.7 Å². The van der Waals surface area contributed by atoms with Crippen LogP contribution in [0.3, 0.4) is 0 Å². The van der Waals surface area contributed by atoms with Gasteiger partial charge in [-0.2, -0.15) is 15.1 Å². The molecule has 0 spiro atoms. The van der Waals surface area contributed by atoms with Gasteiger partial charge in [0, 0.05) is 6.54 Å². The van der Waals surface area contributed by atoms with Gasteiger partial charge in [-0.3, -0.25) is 5.10 Å². The number of aromatic nitrogens is 4. The second-order valence-electron chi connectivity index (χ2n) is 5.33. The molecular formula is C13H20N6O. The first-order valence-corrected chi connectivity index (χ1v) is 7.10. The van der Waals surface area contributed by atoms with Crippen LogP contribution in [0.1, 0.15) is 32.6 Å². The molecule has 1 saturated carbocycles. The molecule has 2 aromatic heterocycles. The highest BCUT2D eigenvalue weighted by molar-refractivity contribution is 5.87. The van der Waals surface area contributed by atoms with Crippen LogP contribution in [0, 0.1) is 0 Å². The molecule has 20 heavy (non-hydrogen) atoms. The number of H-pyrrole nitrogens is 1. The van der Waals surface area contributed by atoms with Crippen molar-refractivity contribution in [3.8, 4) is 0 Å². The predicted molar refractivity (Wildman–Crippen MR) is 77.8 cm³/mol. The second-order valence-corrected chi connectivity index (χ2v) is 5.33. The quantitative estimate of drug-likeness (QED) is 0.660. The zero-order chi connectivity index (χ0) is 14.0. The Hall–Kier alpha value is -1.89. The Morgan fingerprint density at radius 3 is 2.85 bits per heavy atom. The molecule has 7 heteroatoms. The van der Waals surface area contributed by atoms with Gasteiger partial charge in [-0.05, 0) is 19.8 Å². The number of nitrogens with zero attached hydrogens (tertiary/aromatic N) is 3. The first kappa shape index (κ1) is 13.1. The minimum absolute atomic E-state index is 0.118. The maximum absolute atomic E-state index is 9.73. The molecule has 1 aliphatic carbocycles. The fourth-order valence-corrected chi connectivity index (χ4v) is 2.79. The van der Waals surface area contributed by atoms with Crippen molar-refractivity contribution in [3.63, 3.8) is 0 Å². The van der Waals surface area contributed by atoms with Crippen LogP contribution in [0.25, 0.3) is 11.0 Å². The zero-order valence-electron chi connectivity index (χ0n) is 11.6. The highest BCUT2D eigenvalue weighted by Gasteiger charge is 2.34. The van der Waals surface area contributed by atoms with E-state index in [1.807, 2.05) is 6.92 Å². The summed E-state index contributed by atoms with van der Waals surface area (Å²) in [7, 11) is 0. The van der Waals surface area contributed by atoms with Crippen molar-refractivity contribution >= 4 is 22.8 Å². The summed E-state index contributed by atoms with van der Waals surface area (Å²) in [6.07, 6.45) is 5.90. The van der Waals surface area contributed by atoms with Crippen LogP contribution in [0.15, 0.2) is 6.20 Å². The number of aliphatic hydroxyl groups is 1. The van der Waals surface area contributed by atoms with Crippen molar-refractivity contribution in [1.29, 1.82) is 0 Å². The number of fused-ring (bicyclic) bond motifs is 1. The molecular weight excluding hydrogens is 256 g/mol. The molecule has 0 bridgehead atoms. The summed E-state index contributed by atoms with van der Waals surface area (Å²) < 4.78 is 0. The number of hydrogen-bond donors (Lipinski definition) is 4. The third-order valence-electron chi connectivity index (χ3n) is 3.89. The molecule has 108 valence electrons. The van der Waals surface area contributed by atoms with E-state index in [1.165, 1.54) is 0 Å². The van der Waals surface area contributed by atoms with Gasteiger partial charge in [0.25, 0.3) is 0 Å². The van der Waals surface area contributed by atoms with Gasteiger partial charge in [-0.15, -0.1) is 0 Å². The lowest BCUT2D eigenvalue weighted by Crippen LogP contribution is -2.39. The predicted octanol–water partition coefficient (Wildman–Crippen LogP) is 1.50. The largest absolute Gasteiger partial charge is 0.394 e. The highest BCUT2D eigenvalue weighted by Crippen LogP contribution is 2.34. The van der Waals surface area contributed by atoms with Crippen LogP contribution in [-0.4, -0.2) is 44.0 Å². The van der Waals surface area contributed by atoms with E-state index in [0.717, 1.165) is 43.4 Å². The number of rotatable bonds is 5. The minimum Gasteiger partial charge on any atom is -0.394 e. The number of anilines is 2. The molecule has 0 aliphatic heterocycles. The summed E-state index contributed by atoms with van der Waals surface area (Å²) in [6, 6.07) is 0. The van der Waals surface area contributed by atoms with Gasteiger partial charge in [0.15, 0.2) is 5.65 Å².